The molecule has 1 unspecified atom stereocenters. The summed E-state index contributed by atoms with van der Waals surface area (Å²) in [6, 6.07) is 15.9. The number of rotatable bonds is 3. The van der Waals surface area contributed by atoms with Crippen LogP contribution in [0.15, 0.2) is 60.7 Å². The maximum Gasteiger partial charge on any atom is 0.309 e. The van der Waals surface area contributed by atoms with Crippen LogP contribution in [0.4, 0.5) is 11.4 Å². The van der Waals surface area contributed by atoms with Crippen LogP contribution in [0.25, 0.3) is 0 Å². The van der Waals surface area contributed by atoms with Crippen molar-refractivity contribution in [3.05, 3.63) is 71.8 Å². The van der Waals surface area contributed by atoms with Crippen molar-refractivity contribution >= 4 is 23.3 Å². The van der Waals surface area contributed by atoms with Gasteiger partial charge in [0.25, 0.3) is 5.91 Å². The molecule has 1 amide bonds. The number of esters is 1. The first-order valence-electron chi connectivity index (χ1n) is 9.54. The van der Waals surface area contributed by atoms with Crippen LogP contribution in [0.1, 0.15) is 30.4 Å². The maximum atomic E-state index is 13.1. The summed E-state index contributed by atoms with van der Waals surface area (Å²) in [5.74, 6) is -0.618. The first-order valence-corrected chi connectivity index (χ1v) is 9.54. The fourth-order valence-electron chi connectivity index (χ4n) is 3.87. The number of para-hydroxylation sites is 2. The van der Waals surface area contributed by atoms with Gasteiger partial charge >= 0.3 is 5.97 Å². The van der Waals surface area contributed by atoms with Crippen molar-refractivity contribution in [3.8, 4) is 0 Å². The zero-order valence-corrected chi connectivity index (χ0v) is 15.3. The van der Waals surface area contributed by atoms with E-state index in [1.165, 1.54) is 0 Å². The van der Waals surface area contributed by atoms with E-state index in [0.717, 1.165) is 48.2 Å². The van der Waals surface area contributed by atoms with Crippen LogP contribution < -0.4 is 4.90 Å². The van der Waals surface area contributed by atoms with E-state index in [4.69, 9.17) is 4.74 Å². The predicted molar refractivity (Wildman–Crippen MR) is 105 cm³/mol. The number of anilines is 2. The lowest BCUT2D eigenvalue weighted by Gasteiger charge is -2.25. The highest BCUT2D eigenvalue weighted by Crippen LogP contribution is 2.36. The van der Waals surface area contributed by atoms with Gasteiger partial charge in [-0.3, -0.25) is 14.5 Å². The molecule has 0 N–H and O–H groups in total. The van der Waals surface area contributed by atoms with E-state index in [1.807, 2.05) is 42.5 Å². The predicted octanol–water partition coefficient (Wildman–Crippen LogP) is 4.35. The van der Waals surface area contributed by atoms with Gasteiger partial charge in [0.2, 0.25) is 0 Å². The van der Waals surface area contributed by atoms with E-state index in [0.29, 0.717) is 6.42 Å². The van der Waals surface area contributed by atoms with Crippen molar-refractivity contribution in [1.82, 2.24) is 0 Å². The number of fused-ring (bicyclic) bond motifs is 2. The van der Waals surface area contributed by atoms with Crippen LogP contribution in [0.5, 0.6) is 0 Å². The van der Waals surface area contributed by atoms with Crippen LogP contribution in [0.2, 0.25) is 0 Å². The van der Waals surface area contributed by atoms with Crippen molar-refractivity contribution < 1.29 is 14.3 Å². The van der Waals surface area contributed by atoms with Gasteiger partial charge in [0.1, 0.15) is 0 Å². The van der Waals surface area contributed by atoms with E-state index in [9.17, 15) is 9.59 Å². The van der Waals surface area contributed by atoms with E-state index >= 15 is 0 Å². The van der Waals surface area contributed by atoms with Crippen LogP contribution in [0.3, 0.4) is 0 Å². The SMILES string of the molecule is O=C(OCC(=O)N1c2ccccc2CCc2ccccc21)C1CC=CCC1. The molecular weight excluding hydrogens is 338 g/mol. The smallest absolute Gasteiger partial charge is 0.309 e. The number of benzene rings is 2. The van der Waals surface area contributed by atoms with Gasteiger partial charge in [-0.2, -0.15) is 0 Å². The number of amides is 1. The van der Waals surface area contributed by atoms with Gasteiger partial charge in [0.05, 0.1) is 17.3 Å². The summed E-state index contributed by atoms with van der Waals surface area (Å²) in [6.45, 7) is -0.234. The molecule has 1 atom stereocenters. The Morgan fingerprint density at radius 2 is 1.56 bits per heavy atom. The molecule has 1 aliphatic heterocycles. The molecule has 27 heavy (non-hydrogen) atoms. The molecule has 2 aliphatic rings. The minimum atomic E-state index is -0.274. The van der Waals surface area contributed by atoms with Gasteiger partial charge in [-0.05, 0) is 55.4 Å². The van der Waals surface area contributed by atoms with Crippen LogP contribution in [0, 0.1) is 5.92 Å². The van der Waals surface area contributed by atoms with Crippen molar-refractivity contribution in [2.45, 2.75) is 32.1 Å². The number of hydrogen-bond acceptors (Lipinski definition) is 3. The summed E-state index contributed by atoms with van der Waals surface area (Å²) in [5.41, 5.74) is 4.02. The summed E-state index contributed by atoms with van der Waals surface area (Å²) in [7, 11) is 0. The summed E-state index contributed by atoms with van der Waals surface area (Å²) in [6.07, 6.45) is 8.23. The number of carbonyl (C=O) groups is 2. The third-order valence-electron chi connectivity index (χ3n) is 5.32. The second kappa shape index (κ2) is 7.78. The Bertz CT molecular complexity index is 839. The Kier molecular flexibility index (Phi) is 5.05. The molecular formula is C23H23NO3. The second-order valence-electron chi connectivity index (χ2n) is 7.08. The Labute approximate surface area is 159 Å². The monoisotopic (exact) mass is 361 g/mol. The highest BCUT2D eigenvalue weighted by molar-refractivity contribution is 6.03. The van der Waals surface area contributed by atoms with Gasteiger partial charge in [0.15, 0.2) is 6.61 Å². The van der Waals surface area contributed by atoms with E-state index < -0.39 is 0 Å². The summed E-state index contributed by atoms with van der Waals surface area (Å²) >= 11 is 0. The molecule has 0 saturated heterocycles. The highest BCUT2D eigenvalue weighted by atomic mass is 16.5. The maximum absolute atomic E-state index is 13.1. The lowest BCUT2D eigenvalue weighted by atomic mass is 9.95. The third-order valence-corrected chi connectivity index (χ3v) is 5.32. The largest absolute Gasteiger partial charge is 0.455 e. The minimum Gasteiger partial charge on any atom is -0.455 e. The van der Waals surface area contributed by atoms with Crippen molar-refractivity contribution in [2.24, 2.45) is 5.92 Å². The molecule has 0 bridgehead atoms. The standard InChI is InChI=1S/C23H23NO3/c25-22(16-27-23(26)19-10-2-1-3-11-19)24-20-12-6-4-8-17(20)14-15-18-9-5-7-13-21(18)24/h1-2,4-9,12-13,19H,3,10-11,14-16H2. The average Bonchev–Trinajstić information content (AvgIpc) is 2.89. The molecule has 0 aromatic heterocycles. The third kappa shape index (κ3) is 3.65. The lowest BCUT2D eigenvalue weighted by molar-refractivity contribution is -0.152. The molecule has 0 saturated carbocycles. The van der Waals surface area contributed by atoms with Crippen molar-refractivity contribution in [2.75, 3.05) is 11.5 Å². The summed E-state index contributed by atoms with van der Waals surface area (Å²) in [5, 5.41) is 0. The van der Waals surface area contributed by atoms with Crippen molar-refractivity contribution in [3.63, 3.8) is 0 Å². The first-order chi connectivity index (χ1) is 13.2. The van der Waals surface area contributed by atoms with Crippen LogP contribution in [-0.4, -0.2) is 18.5 Å². The number of carbonyl (C=O) groups excluding carboxylic acids is 2. The topological polar surface area (TPSA) is 46.6 Å². The Morgan fingerprint density at radius 1 is 0.926 bits per heavy atom. The molecule has 0 spiro atoms. The van der Waals surface area contributed by atoms with E-state index in [2.05, 4.69) is 18.2 Å². The molecule has 0 fully saturated rings. The lowest BCUT2D eigenvalue weighted by Crippen LogP contribution is -2.32. The summed E-state index contributed by atoms with van der Waals surface area (Å²) in [4.78, 5) is 27.1. The second-order valence-corrected chi connectivity index (χ2v) is 7.08. The number of hydrogen-bond donors (Lipinski definition) is 0. The van der Waals surface area contributed by atoms with Gasteiger partial charge in [-0.15, -0.1) is 0 Å². The average molecular weight is 361 g/mol. The molecule has 2 aromatic rings. The molecule has 4 heteroatoms. The molecule has 2 aromatic carbocycles. The van der Waals surface area contributed by atoms with Gasteiger partial charge < -0.3 is 4.74 Å². The number of aryl methyl sites for hydroxylation is 2. The normalized spacial score (nSPS) is 18.2. The van der Waals surface area contributed by atoms with Gasteiger partial charge in [0, 0.05) is 0 Å². The Hall–Kier alpha value is -2.88. The number of ether oxygens (including phenoxy) is 1. The fourth-order valence-corrected chi connectivity index (χ4v) is 3.87. The van der Waals surface area contributed by atoms with Gasteiger partial charge in [-0.1, -0.05) is 48.6 Å². The molecule has 0 radical (unpaired) electrons. The van der Waals surface area contributed by atoms with E-state index in [1.54, 1.807) is 4.90 Å². The highest BCUT2D eigenvalue weighted by Gasteiger charge is 2.27. The number of nitrogens with zero attached hydrogens (tertiary/aromatic N) is 1. The zero-order chi connectivity index (χ0) is 18.6. The fraction of sp³-hybridized carbons (Fsp3) is 0.304. The molecule has 138 valence electrons. The Morgan fingerprint density at radius 3 is 2.15 bits per heavy atom. The quantitative estimate of drug-likeness (QED) is 0.603. The van der Waals surface area contributed by atoms with Crippen LogP contribution in [-0.2, 0) is 27.2 Å². The number of allylic oxidation sites excluding steroid dienone is 2. The molecule has 4 rings (SSSR count). The summed E-state index contributed by atoms with van der Waals surface area (Å²) < 4.78 is 5.40. The molecule has 4 nitrogen and oxygen atoms in total. The van der Waals surface area contributed by atoms with Crippen LogP contribution >= 0.6 is 0 Å². The Balaban J connectivity index is 1.57. The molecule has 1 heterocycles. The minimum absolute atomic E-state index is 0.133. The zero-order valence-electron chi connectivity index (χ0n) is 15.3. The van der Waals surface area contributed by atoms with Gasteiger partial charge in [-0.25, -0.2) is 0 Å². The van der Waals surface area contributed by atoms with Crippen molar-refractivity contribution in [1.29, 1.82) is 0 Å². The molecule has 1 aliphatic carbocycles. The first kappa shape index (κ1) is 17.5. The van der Waals surface area contributed by atoms with E-state index in [-0.39, 0.29) is 24.4 Å².